The molecule has 1 aliphatic rings. The zero-order valence-corrected chi connectivity index (χ0v) is 17.4. The average molecular weight is 448 g/mol. The average Bonchev–Trinajstić information content (AvgIpc) is 3.00. The predicted octanol–water partition coefficient (Wildman–Crippen LogP) is 3.54. The van der Waals surface area contributed by atoms with E-state index in [-0.39, 0.29) is 10.5 Å². The molecule has 1 amide bonds. The minimum atomic E-state index is -3.93. The predicted molar refractivity (Wildman–Crippen MR) is 118 cm³/mol. The van der Waals surface area contributed by atoms with Gasteiger partial charge < -0.3 is 5.11 Å². The van der Waals surface area contributed by atoms with E-state index in [1.807, 2.05) is 0 Å². The van der Waals surface area contributed by atoms with Crippen molar-refractivity contribution in [3.05, 3.63) is 102 Å². The van der Waals surface area contributed by atoms with Crippen LogP contribution in [0.15, 0.2) is 89.8 Å². The van der Waals surface area contributed by atoms with Gasteiger partial charge >= 0.3 is 0 Å². The summed E-state index contributed by atoms with van der Waals surface area (Å²) in [6, 6.07) is 21.5. The van der Waals surface area contributed by atoms with Crippen LogP contribution in [0.2, 0.25) is 0 Å². The molecule has 3 N–H and O–H groups in total. The third-order valence-corrected chi connectivity index (χ3v) is 6.64. The zero-order valence-electron chi connectivity index (χ0n) is 16.6. The molecule has 0 fully saturated rings. The molecule has 1 heterocycles. The lowest BCUT2D eigenvalue weighted by molar-refractivity contribution is -0.131. The summed E-state index contributed by atoms with van der Waals surface area (Å²) >= 11 is 0. The summed E-state index contributed by atoms with van der Waals surface area (Å²) in [6.07, 6.45) is 0. The Morgan fingerprint density at radius 1 is 0.875 bits per heavy atom. The number of amides is 1. The summed E-state index contributed by atoms with van der Waals surface area (Å²) < 4.78 is 37.0. The van der Waals surface area contributed by atoms with Crippen molar-refractivity contribution in [1.82, 2.24) is 0 Å². The Bertz CT molecular complexity index is 1500. The molecule has 8 heteroatoms. The molecule has 6 nitrogen and oxygen atoms in total. The van der Waals surface area contributed by atoms with Gasteiger partial charge in [0.25, 0.3) is 5.91 Å². The molecule has 4 aromatic carbocycles. The van der Waals surface area contributed by atoms with Gasteiger partial charge in [0.15, 0.2) is 5.60 Å². The number of halogens is 1. The molecule has 1 aliphatic heterocycles. The molecule has 1 atom stereocenters. The maximum Gasteiger partial charge on any atom is 0.273 e. The van der Waals surface area contributed by atoms with Crippen molar-refractivity contribution < 1.29 is 22.7 Å². The third-order valence-electron chi connectivity index (χ3n) is 5.71. The highest BCUT2D eigenvalue weighted by atomic mass is 32.2. The number of sulfonamides is 1. The van der Waals surface area contributed by atoms with Crippen LogP contribution in [-0.4, -0.2) is 19.4 Å². The Labute approximate surface area is 183 Å². The lowest BCUT2D eigenvalue weighted by atomic mass is 9.87. The summed E-state index contributed by atoms with van der Waals surface area (Å²) in [5.41, 5.74) is -0.511. The first-order valence-electron chi connectivity index (χ1n) is 9.69. The number of nitrogens with zero attached hydrogens (tertiary/aromatic N) is 1. The largest absolute Gasteiger partial charge is 0.372 e. The highest BCUT2D eigenvalue weighted by Crippen LogP contribution is 2.48. The van der Waals surface area contributed by atoms with Gasteiger partial charge in [-0.05, 0) is 53.4 Å². The van der Waals surface area contributed by atoms with Gasteiger partial charge in [-0.2, -0.15) is 0 Å². The zero-order chi connectivity index (χ0) is 22.7. The molecular formula is C24H17FN2O4S. The standard InChI is InChI=1S/C24H17FN2O4S/c25-17-10-13-19-15(14-17)4-3-7-21(19)27-22-6-2-1-5-20(22)24(29,23(27)28)16-8-11-18(12-9-16)32(26,30)31/h1-14,29H,(H2,26,30,31). The number of nitrogens with two attached hydrogens (primary N) is 1. The van der Waals surface area contributed by atoms with E-state index in [9.17, 15) is 22.7 Å². The molecule has 1 unspecified atom stereocenters. The molecule has 0 aromatic heterocycles. The highest BCUT2D eigenvalue weighted by Gasteiger charge is 2.51. The van der Waals surface area contributed by atoms with Crippen LogP contribution in [0.3, 0.4) is 0 Å². The van der Waals surface area contributed by atoms with E-state index in [0.29, 0.717) is 27.7 Å². The minimum absolute atomic E-state index is 0.128. The van der Waals surface area contributed by atoms with Gasteiger partial charge in [-0.25, -0.2) is 17.9 Å². The Hall–Kier alpha value is -3.59. The second kappa shape index (κ2) is 6.96. The number of carbonyl (C=O) groups is 1. The summed E-state index contributed by atoms with van der Waals surface area (Å²) in [7, 11) is -3.93. The molecule has 0 aliphatic carbocycles. The summed E-state index contributed by atoms with van der Waals surface area (Å²) in [6.45, 7) is 0. The monoisotopic (exact) mass is 448 g/mol. The molecule has 0 saturated heterocycles. The van der Waals surface area contributed by atoms with Crippen molar-refractivity contribution in [2.75, 3.05) is 4.90 Å². The smallest absolute Gasteiger partial charge is 0.273 e. The number of fused-ring (bicyclic) bond motifs is 2. The van der Waals surface area contributed by atoms with Gasteiger partial charge in [0.2, 0.25) is 10.0 Å². The van der Waals surface area contributed by atoms with Gasteiger partial charge in [0.1, 0.15) is 5.82 Å². The van der Waals surface area contributed by atoms with Crippen molar-refractivity contribution in [1.29, 1.82) is 0 Å². The molecule has 4 aromatic rings. The van der Waals surface area contributed by atoms with Gasteiger partial charge in [0.05, 0.1) is 16.3 Å². The van der Waals surface area contributed by atoms with Crippen molar-refractivity contribution in [3.63, 3.8) is 0 Å². The number of hydrogen-bond acceptors (Lipinski definition) is 4. The minimum Gasteiger partial charge on any atom is -0.372 e. The first kappa shape index (κ1) is 20.3. The number of rotatable bonds is 3. The Morgan fingerprint density at radius 3 is 2.28 bits per heavy atom. The normalized spacial score (nSPS) is 18.2. The van der Waals surface area contributed by atoms with Crippen molar-refractivity contribution in [2.24, 2.45) is 5.14 Å². The first-order chi connectivity index (χ1) is 15.2. The number of primary sulfonamides is 1. The molecule has 0 spiro atoms. The number of anilines is 2. The summed E-state index contributed by atoms with van der Waals surface area (Å²) in [4.78, 5) is 15.0. The fraction of sp³-hybridized carbons (Fsp3) is 0.0417. The lowest BCUT2D eigenvalue weighted by Crippen LogP contribution is -2.39. The van der Waals surface area contributed by atoms with Crippen molar-refractivity contribution >= 4 is 38.1 Å². The molecule has 0 saturated carbocycles. The van der Waals surface area contributed by atoms with E-state index < -0.39 is 27.3 Å². The lowest BCUT2D eigenvalue weighted by Gasteiger charge is -2.24. The van der Waals surface area contributed by atoms with Crippen LogP contribution in [0.5, 0.6) is 0 Å². The molecule has 0 radical (unpaired) electrons. The summed E-state index contributed by atoms with van der Waals surface area (Å²) in [5.74, 6) is -1.02. The Kier molecular flexibility index (Phi) is 4.42. The maximum absolute atomic E-state index is 13.7. The number of carbonyl (C=O) groups excluding carboxylic acids is 1. The van der Waals surface area contributed by atoms with E-state index in [4.69, 9.17) is 5.14 Å². The van der Waals surface area contributed by atoms with E-state index >= 15 is 0 Å². The topological polar surface area (TPSA) is 101 Å². The van der Waals surface area contributed by atoms with E-state index in [1.165, 1.54) is 41.3 Å². The van der Waals surface area contributed by atoms with Gasteiger partial charge in [-0.3, -0.25) is 9.69 Å². The van der Waals surface area contributed by atoms with E-state index in [1.54, 1.807) is 48.5 Å². The third kappa shape index (κ3) is 2.92. The number of hydrogen-bond donors (Lipinski definition) is 2. The van der Waals surface area contributed by atoms with Crippen LogP contribution in [-0.2, 0) is 20.4 Å². The second-order valence-electron chi connectivity index (χ2n) is 7.58. The molecule has 5 rings (SSSR count). The molecule has 160 valence electrons. The van der Waals surface area contributed by atoms with Crippen LogP contribution < -0.4 is 10.0 Å². The fourth-order valence-electron chi connectivity index (χ4n) is 4.20. The van der Waals surface area contributed by atoms with Gasteiger partial charge in [0, 0.05) is 10.9 Å². The van der Waals surface area contributed by atoms with Crippen LogP contribution >= 0.6 is 0 Å². The first-order valence-corrected chi connectivity index (χ1v) is 11.2. The fourth-order valence-corrected chi connectivity index (χ4v) is 4.71. The van der Waals surface area contributed by atoms with Crippen molar-refractivity contribution in [3.8, 4) is 0 Å². The summed E-state index contributed by atoms with van der Waals surface area (Å²) in [5, 5.41) is 18.1. The van der Waals surface area contributed by atoms with Crippen molar-refractivity contribution in [2.45, 2.75) is 10.5 Å². The molecule has 32 heavy (non-hydrogen) atoms. The van der Waals surface area contributed by atoms with Gasteiger partial charge in [-0.1, -0.05) is 42.5 Å². The quantitative estimate of drug-likeness (QED) is 0.501. The highest BCUT2D eigenvalue weighted by molar-refractivity contribution is 7.89. The SMILES string of the molecule is NS(=O)(=O)c1ccc(C2(O)C(=O)N(c3cccc4cc(F)ccc34)c3ccccc32)cc1. The van der Waals surface area contributed by atoms with Crippen LogP contribution in [0.25, 0.3) is 10.8 Å². The van der Waals surface area contributed by atoms with E-state index in [0.717, 1.165) is 0 Å². The second-order valence-corrected chi connectivity index (χ2v) is 9.14. The Balaban J connectivity index is 1.72. The van der Waals surface area contributed by atoms with Gasteiger partial charge in [-0.15, -0.1) is 0 Å². The number of aliphatic hydroxyl groups is 1. The molecular weight excluding hydrogens is 431 g/mol. The van der Waals surface area contributed by atoms with Crippen LogP contribution in [0.4, 0.5) is 15.8 Å². The number of para-hydroxylation sites is 1. The number of benzene rings is 4. The van der Waals surface area contributed by atoms with E-state index in [2.05, 4.69) is 0 Å². The van der Waals surface area contributed by atoms with Crippen LogP contribution in [0.1, 0.15) is 11.1 Å². The van der Waals surface area contributed by atoms with Crippen LogP contribution in [0, 0.1) is 5.82 Å². The maximum atomic E-state index is 13.7. The Morgan fingerprint density at radius 2 is 1.56 bits per heavy atom. The molecule has 0 bridgehead atoms.